The van der Waals surface area contributed by atoms with E-state index in [-0.39, 0.29) is 5.91 Å². The first kappa shape index (κ1) is 18.8. The van der Waals surface area contributed by atoms with Crippen LogP contribution in [0.4, 0.5) is 0 Å². The number of nitrogens with one attached hydrogen (secondary N) is 2. The third kappa shape index (κ3) is 3.93. The van der Waals surface area contributed by atoms with Gasteiger partial charge in [0.25, 0.3) is 5.91 Å². The summed E-state index contributed by atoms with van der Waals surface area (Å²) in [4.78, 5) is 32.2. The van der Waals surface area contributed by atoms with Gasteiger partial charge in [0.15, 0.2) is 0 Å². The average molecular weight is 383 g/mol. The number of nitrogens with zero attached hydrogens (tertiary/aromatic N) is 1. The summed E-state index contributed by atoms with van der Waals surface area (Å²) in [7, 11) is 1.33. The van der Waals surface area contributed by atoms with E-state index in [9.17, 15) is 9.59 Å². The number of aryl methyl sites for hydroxylation is 1. The van der Waals surface area contributed by atoms with Crippen LogP contribution in [0.1, 0.15) is 44.7 Å². The van der Waals surface area contributed by atoms with E-state index in [0.29, 0.717) is 35.5 Å². The van der Waals surface area contributed by atoms with E-state index in [1.807, 2.05) is 42.6 Å². The highest BCUT2D eigenvalue weighted by atomic mass is 32.1. The Labute approximate surface area is 161 Å². The van der Waals surface area contributed by atoms with Crippen LogP contribution in [0.15, 0.2) is 35.7 Å². The number of hydrogen-bond donors (Lipinski definition) is 2. The first-order chi connectivity index (χ1) is 13.0. The summed E-state index contributed by atoms with van der Waals surface area (Å²) < 4.78 is 4.83. The number of aromatic nitrogens is 2. The highest BCUT2D eigenvalue weighted by molar-refractivity contribution is 7.13. The number of benzene rings is 1. The van der Waals surface area contributed by atoms with Gasteiger partial charge in [0.1, 0.15) is 10.7 Å². The van der Waals surface area contributed by atoms with Crippen molar-refractivity contribution in [2.24, 2.45) is 0 Å². The summed E-state index contributed by atoms with van der Waals surface area (Å²) in [5.74, 6) is -0.710. The maximum absolute atomic E-state index is 12.6. The maximum atomic E-state index is 12.6. The summed E-state index contributed by atoms with van der Waals surface area (Å²) >= 11 is 1.54. The first-order valence-electron chi connectivity index (χ1n) is 8.62. The van der Waals surface area contributed by atoms with Gasteiger partial charge in [0, 0.05) is 16.6 Å². The molecule has 6 nitrogen and oxygen atoms in total. The van der Waals surface area contributed by atoms with E-state index in [1.54, 1.807) is 6.92 Å². The topological polar surface area (TPSA) is 84.1 Å². The lowest BCUT2D eigenvalue weighted by Gasteiger charge is -2.03. The smallest absolute Gasteiger partial charge is 0.339 e. The molecule has 3 aromatic rings. The third-order valence-corrected chi connectivity index (χ3v) is 5.24. The predicted octanol–water partition coefficient (Wildman–Crippen LogP) is 3.73. The standard InChI is InChI=1S/C20H21N3O3S/c1-4-15-16(20(25)26-3)12(2)17(23-15)18(24)21-10-14-11-27-19(22-14)13-8-6-5-7-9-13/h5-9,11,23H,4,10H2,1-3H3,(H,21,24). The van der Waals surface area contributed by atoms with Crippen molar-refractivity contribution in [3.63, 3.8) is 0 Å². The number of methoxy groups -OCH3 is 1. The van der Waals surface area contributed by atoms with Crippen LogP contribution in [-0.2, 0) is 17.7 Å². The van der Waals surface area contributed by atoms with Crippen molar-refractivity contribution >= 4 is 23.2 Å². The second-order valence-corrected chi connectivity index (χ2v) is 6.87. The van der Waals surface area contributed by atoms with Gasteiger partial charge in [-0.2, -0.15) is 0 Å². The van der Waals surface area contributed by atoms with Crippen molar-refractivity contribution < 1.29 is 14.3 Å². The molecular weight excluding hydrogens is 362 g/mol. The minimum atomic E-state index is -0.438. The van der Waals surface area contributed by atoms with Crippen molar-refractivity contribution in [1.29, 1.82) is 0 Å². The molecule has 0 aliphatic heterocycles. The number of esters is 1. The van der Waals surface area contributed by atoms with Crippen LogP contribution >= 0.6 is 11.3 Å². The van der Waals surface area contributed by atoms with Gasteiger partial charge in [-0.05, 0) is 18.9 Å². The van der Waals surface area contributed by atoms with Crippen molar-refractivity contribution in [2.45, 2.75) is 26.8 Å². The Bertz CT molecular complexity index is 960. The highest BCUT2D eigenvalue weighted by Gasteiger charge is 2.23. The van der Waals surface area contributed by atoms with Gasteiger partial charge in [0.2, 0.25) is 0 Å². The van der Waals surface area contributed by atoms with Crippen LogP contribution in [0.2, 0.25) is 0 Å². The Kier molecular flexibility index (Phi) is 5.71. The molecule has 0 aliphatic carbocycles. The molecule has 0 fully saturated rings. The molecule has 1 amide bonds. The number of rotatable bonds is 6. The van der Waals surface area contributed by atoms with Gasteiger partial charge in [-0.1, -0.05) is 37.3 Å². The zero-order valence-electron chi connectivity index (χ0n) is 15.5. The van der Waals surface area contributed by atoms with Gasteiger partial charge < -0.3 is 15.0 Å². The normalized spacial score (nSPS) is 10.6. The van der Waals surface area contributed by atoms with Crippen molar-refractivity contribution in [3.05, 3.63) is 63.9 Å². The second-order valence-electron chi connectivity index (χ2n) is 6.02. The van der Waals surface area contributed by atoms with E-state index in [4.69, 9.17) is 4.74 Å². The summed E-state index contributed by atoms with van der Waals surface area (Å²) in [6.45, 7) is 3.97. The monoisotopic (exact) mass is 383 g/mol. The van der Waals surface area contributed by atoms with Gasteiger partial charge in [0.05, 0.1) is 24.9 Å². The third-order valence-electron chi connectivity index (χ3n) is 4.30. The van der Waals surface area contributed by atoms with Gasteiger partial charge in [-0.3, -0.25) is 4.79 Å². The molecule has 0 atom stereocenters. The quantitative estimate of drug-likeness (QED) is 0.635. The number of aromatic amines is 1. The Morgan fingerprint density at radius 1 is 1.26 bits per heavy atom. The fourth-order valence-electron chi connectivity index (χ4n) is 2.89. The minimum Gasteiger partial charge on any atom is -0.465 e. The SMILES string of the molecule is CCc1[nH]c(C(=O)NCc2csc(-c3ccccc3)n2)c(C)c1C(=O)OC. The summed E-state index contributed by atoms with van der Waals surface area (Å²) in [6, 6.07) is 9.91. The molecule has 0 unspecified atom stereocenters. The molecule has 1 aromatic carbocycles. The molecule has 3 rings (SSSR count). The number of amides is 1. The first-order valence-corrected chi connectivity index (χ1v) is 9.50. The van der Waals surface area contributed by atoms with Crippen LogP contribution in [0.5, 0.6) is 0 Å². The van der Waals surface area contributed by atoms with E-state index >= 15 is 0 Å². The number of ether oxygens (including phenoxy) is 1. The summed E-state index contributed by atoms with van der Waals surface area (Å²) in [5, 5.41) is 5.71. The van der Waals surface area contributed by atoms with Gasteiger partial charge in [-0.25, -0.2) is 9.78 Å². The van der Waals surface area contributed by atoms with Crippen molar-refractivity contribution in [2.75, 3.05) is 7.11 Å². The highest BCUT2D eigenvalue weighted by Crippen LogP contribution is 2.23. The number of H-pyrrole nitrogens is 1. The van der Waals surface area contributed by atoms with Crippen molar-refractivity contribution in [1.82, 2.24) is 15.3 Å². The molecule has 140 valence electrons. The summed E-state index contributed by atoms with van der Waals surface area (Å²) in [6.07, 6.45) is 0.602. The average Bonchev–Trinajstić information content (AvgIpc) is 3.30. The molecule has 0 bridgehead atoms. The fourth-order valence-corrected chi connectivity index (χ4v) is 3.72. The Balaban J connectivity index is 1.73. The lowest BCUT2D eigenvalue weighted by atomic mass is 10.1. The number of thiazole rings is 1. The van der Waals surface area contributed by atoms with Crippen LogP contribution in [0, 0.1) is 6.92 Å². The number of hydrogen-bond acceptors (Lipinski definition) is 5. The molecule has 27 heavy (non-hydrogen) atoms. The maximum Gasteiger partial charge on any atom is 0.339 e. The number of carbonyl (C=O) groups is 2. The molecule has 0 saturated carbocycles. The van der Waals surface area contributed by atoms with Crippen molar-refractivity contribution in [3.8, 4) is 10.6 Å². The van der Waals surface area contributed by atoms with Crippen LogP contribution in [0.3, 0.4) is 0 Å². The Morgan fingerprint density at radius 3 is 2.67 bits per heavy atom. The molecule has 2 heterocycles. The van der Waals surface area contributed by atoms with Crippen LogP contribution < -0.4 is 5.32 Å². The molecule has 0 saturated heterocycles. The molecule has 0 radical (unpaired) electrons. The van der Waals surface area contributed by atoms with E-state index in [0.717, 1.165) is 16.3 Å². The van der Waals surface area contributed by atoms with Crippen LogP contribution in [-0.4, -0.2) is 29.0 Å². The molecule has 0 aliphatic rings. The van der Waals surface area contributed by atoms with E-state index in [2.05, 4.69) is 15.3 Å². The lowest BCUT2D eigenvalue weighted by Crippen LogP contribution is -2.24. The lowest BCUT2D eigenvalue weighted by molar-refractivity contribution is 0.0599. The predicted molar refractivity (Wildman–Crippen MR) is 105 cm³/mol. The largest absolute Gasteiger partial charge is 0.465 e. The Morgan fingerprint density at radius 2 is 2.00 bits per heavy atom. The number of carbonyl (C=O) groups excluding carboxylic acids is 2. The summed E-state index contributed by atoms with van der Waals surface area (Å²) in [5.41, 5.74) is 3.95. The zero-order chi connectivity index (χ0) is 19.4. The van der Waals surface area contributed by atoms with Gasteiger partial charge in [-0.15, -0.1) is 11.3 Å². The van der Waals surface area contributed by atoms with E-state index in [1.165, 1.54) is 18.4 Å². The molecule has 0 spiro atoms. The van der Waals surface area contributed by atoms with Gasteiger partial charge >= 0.3 is 5.97 Å². The fraction of sp³-hybridized carbons (Fsp3) is 0.250. The van der Waals surface area contributed by atoms with E-state index < -0.39 is 5.97 Å². The molecule has 2 aromatic heterocycles. The van der Waals surface area contributed by atoms with Crippen LogP contribution in [0.25, 0.3) is 10.6 Å². The molecule has 7 heteroatoms. The Hall–Kier alpha value is -2.93. The molecule has 2 N–H and O–H groups in total. The minimum absolute atomic E-state index is 0.272. The molecular formula is C20H21N3O3S. The zero-order valence-corrected chi connectivity index (χ0v) is 16.3. The second kappa shape index (κ2) is 8.18.